The minimum absolute atomic E-state index is 0.164. The van der Waals surface area contributed by atoms with Gasteiger partial charge in [-0.15, -0.1) is 0 Å². The van der Waals surface area contributed by atoms with Crippen molar-refractivity contribution in [3.8, 4) is 0 Å². The smallest absolute Gasteiger partial charge is 0.424 e. The highest BCUT2D eigenvalue weighted by molar-refractivity contribution is 5.83. The van der Waals surface area contributed by atoms with E-state index in [0.29, 0.717) is 6.42 Å². The van der Waals surface area contributed by atoms with Gasteiger partial charge in [0.2, 0.25) is 0 Å². The molecule has 1 amide bonds. The molecule has 8 nitrogen and oxygen atoms in total. The normalized spacial score (nSPS) is 17.5. The Hall–Kier alpha value is -2.61. The summed E-state index contributed by atoms with van der Waals surface area (Å²) < 4.78 is 15.0. The number of benzene rings is 1. The van der Waals surface area contributed by atoms with Crippen molar-refractivity contribution < 1.29 is 28.6 Å². The van der Waals surface area contributed by atoms with Crippen LogP contribution in [0.15, 0.2) is 30.3 Å². The Morgan fingerprint density at radius 2 is 1.92 bits per heavy atom. The van der Waals surface area contributed by atoms with Gasteiger partial charge in [0.05, 0.1) is 25.7 Å². The molecule has 1 aliphatic rings. The zero-order valence-electron chi connectivity index (χ0n) is 15.0. The minimum atomic E-state index is -1.03. The Kier molecular flexibility index (Phi) is 7.40. The van der Waals surface area contributed by atoms with Gasteiger partial charge in [0.15, 0.2) is 0 Å². The second-order valence-electron chi connectivity index (χ2n) is 5.73. The van der Waals surface area contributed by atoms with Gasteiger partial charge in [-0.05, 0) is 25.8 Å². The highest BCUT2D eigenvalue weighted by Crippen LogP contribution is 2.16. The molecule has 2 atom stereocenters. The van der Waals surface area contributed by atoms with Crippen LogP contribution in [0.5, 0.6) is 0 Å². The average Bonchev–Trinajstić information content (AvgIpc) is 2.95. The number of nitrogens with zero attached hydrogens (tertiary/aromatic N) is 1. The van der Waals surface area contributed by atoms with Crippen LogP contribution in [0.3, 0.4) is 0 Å². The van der Waals surface area contributed by atoms with Crippen LogP contribution in [-0.2, 0) is 30.2 Å². The molecule has 2 rings (SSSR count). The predicted octanol–water partition coefficient (Wildman–Crippen LogP) is 1.44. The third-order valence-corrected chi connectivity index (χ3v) is 3.82. The van der Waals surface area contributed by atoms with Crippen LogP contribution in [0.4, 0.5) is 4.79 Å². The topological polar surface area (TPSA) is 94.2 Å². The summed E-state index contributed by atoms with van der Waals surface area (Å²) in [6, 6.07) is 8.29. The maximum Gasteiger partial charge on any atom is 0.424 e. The lowest BCUT2D eigenvalue weighted by atomic mass is 10.1. The van der Waals surface area contributed by atoms with Gasteiger partial charge in [-0.25, -0.2) is 15.2 Å². The first-order chi connectivity index (χ1) is 12.5. The summed E-state index contributed by atoms with van der Waals surface area (Å²) in [4.78, 5) is 36.0. The zero-order chi connectivity index (χ0) is 18.9. The standard InChI is InChI=1S/C18H24N2O6/c1-3-24-16(21)11-15(17(22)25-4-2)19-20-14(12-26-18(20)23)10-13-8-6-5-7-9-13/h5-9,14-15,19H,3-4,10-12H2,1-2H3/t14-,15-/m0/s1. The van der Waals surface area contributed by atoms with Gasteiger partial charge in [-0.3, -0.25) is 9.59 Å². The number of amides is 1. The van der Waals surface area contributed by atoms with Gasteiger partial charge in [0, 0.05) is 0 Å². The monoisotopic (exact) mass is 364 g/mol. The second kappa shape index (κ2) is 9.76. The number of cyclic esters (lactones) is 1. The zero-order valence-corrected chi connectivity index (χ0v) is 15.0. The number of hydrazine groups is 1. The molecule has 0 aromatic heterocycles. The van der Waals surface area contributed by atoms with Crippen LogP contribution < -0.4 is 5.43 Å². The molecule has 0 aliphatic carbocycles. The molecule has 0 saturated carbocycles. The van der Waals surface area contributed by atoms with Gasteiger partial charge >= 0.3 is 18.0 Å². The maximum absolute atomic E-state index is 12.2. The number of rotatable bonds is 9. The third kappa shape index (κ3) is 5.45. The van der Waals surface area contributed by atoms with Gasteiger partial charge < -0.3 is 14.2 Å². The fourth-order valence-corrected chi connectivity index (χ4v) is 2.63. The highest BCUT2D eigenvalue weighted by atomic mass is 16.6. The molecule has 1 fully saturated rings. The van der Waals surface area contributed by atoms with Gasteiger partial charge in [-0.2, -0.15) is 0 Å². The largest absolute Gasteiger partial charge is 0.466 e. The Labute approximate surface area is 152 Å². The number of carbonyl (C=O) groups is 3. The van der Waals surface area contributed by atoms with E-state index in [1.165, 1.54) is 5.01 Å². The molecule has 1 aromatic carbocycles. The van der Waals surface area contributed by atoms with Crippen molar-refractivity contribution in [1.82, 2.24) is 10.4 Å². The molecule has 0 unspecified atom stereocenters. The lowest BCUT2D eigenvalue weighted by Crippen LogP contribution is -2.54. The first-order valence-electron chi connectivity index (χ1n) is 8.63. The Balaban J connectivity index is 2.08. The predicted molar refractivity (Wildman–Crippen MR) is 91.9 cm³/mol. The Morgan fingerprint density at radius 3 is 2.58 bits per heavy atom. The highest BCUT2D eigenvalue weighted by Gasteiger charge is 2.37. The van der Waals surface area contributed by atoms with E-state index in [1.807, 2.05) is 30.3 Å². The lowest BCUT2D eigenvalue weighted by Gasteiger charge is -2.26. The van der Waals surface area contributed by atoms with Crippen molar-refractivity contribution >= 4 is 18.0 Å². The van der Waals surface area contributed by atoms with Crippen molar-refractivity contribution in [2.24, 2.45) is 0 Å². The average molecular weight is 364 g/mol. The van der Waals surface area contributed by atoms with E-state index in [2.05, 4.69) is 5.43 Å². The Bertz CT molecular complexity index is 621. The lowest BCUT2D eigenvalue weighted by molar-refractivity contribution is -0.153. The Morgan fingerprint density at radius 1 is 1.23 bits per heavy atom. The molecule has 0 spiro atoms. The number of hydrogen-bond donors (Lipinski definition) is 1. The molecule has 1 aliphatic heterocycles. The van der Waals surface area contributed by atoms with Crippen LogP contribution in [0.25, 0.3) is 0 Å². The van der Waals surface area contributed by atoms with E-state index in [9.17, 15) is 14.4 Å². The van der Waals surface area contributed by atoms with E-state index in [0.717, 1.165) is 5.56 Å². The van der Waals surface area contributed by atoms with E-state index in [-0.39, 0.29) is 32.3 Å². The van der Waals surface area contributed by atoms with E-state index in [1.54, 1.807) is 13.8 Å². The number of esters is 2. The summed E-state index contributed by atoms with van der Waals surface area (Å²) >= 11 is 0. The third-order valence-electron chi connectivity index (χ3n) is 3.82. The molecule has 1 heterocycles. The summed E-state index contributed by atoms with van der Waals surface area (Å²) in [6.45, 7) is 3.91. The fourth-order valence-electron chi connectivity index (χ4n) is 2.63. The van der Waals surface area contributed by atoms with Crippen LogP contribution in [-0.4, -0.2) is 54.9 Å². The van der Waals surface area contributed by atoms with Crippen LogP contribution in [0.2, 0.25) is 0 Å². The second-order valence-corrected chi connectivity index (χ2v) is 5.73. The molecule has 1 N–H and O–H groups in total. The SMILES string of the molecule is CCOC(=O)C[C@H](NN1C(=O)OC[C@@H]1Cc1ccccc1)C(=O)OCC. The summed E-state index contributed by atoms with van der Waals surface area (Å²) in [5.74, 6) is -1.18. The molecule has 1 saturated heterocycles. The summed E-state index contributed by atoms with van der Waals surface area (Å²) in [7, 11) is 0. The fraction of sp³-hybridized carbons (Fsp3) is 0.500. The first kappa shape index (κ1) is 19.7. The number of carbonyl (C=O) groups excluding carboxylic acids is 3. The van der Waals surface area contributed by atoms with Gasteiger partial charge in [0.25, 0.3) is 0 Å². The molecule has 142 valence electrons. The number of ether oxygens (including phenoxy) is 3. The van der Waals surface area contributed by atoms with Crippen molar-refractivity contribution in [1.29, 1.82) is 0 Å². The number of hydrogen-bond acceptors (Lipinski definition) is 7. The molecule has 8 heteroatoms. The summed E-state index contributed by atoms with van der Waals surface area (Å²) in [5, 5.41) is 1.26. The van der Waals surface area contributed by atoms with E-state index >= 15 is 0 Å². The minimum Gasteiger partial charge on any atom is -0.466 e. The van der Waals surface area contributed by atoms with Crippen LogP contribution >= 0.6 is 0 Å². The molecule has 26 heavy (non-hydrogen) atoms. The van der Waals surface area contributed by atoms with Crippen molar-refractivity contribution in [3.05, 3.63) is 35.9 Å². The quantitative estimate of drug-likeness (QED) is 0.523. The van der Waals surface area contributed by atoms with Crippen molar-refractivity contribution in [3.63, 3.8) is 0 Å². The van der Waals surface area contributed by atoms with E-state index in [4.69, 9.17) is 14.2 Å². The maximum atomic E-state index is 12.2. The van der Waals surface area contributed by atoms with Crippen LogP contribution in [0.1, 0.15) is 25.8 Å². The summed E-state index contributed by atoms with van der Waals surface area (Å²) in [5.41, 5.74) is 3.82. The van der Waals surface area contributed by atoms with Crippen molar-refractivity contribution in [2.45, 2.75) is 38.8 Å². The van der Waals surface area contributed by atoms with Crippen LogP contribution in [0, 0.1) is 0 Å². The van der Waals surface area contributed by atoms with Gasteiger partial charge in [-0.1, -0.05) is 30.3 Å². The number of nitrogens with one attached hydrogen (secondary N) is 1. The molecule has 0 bridgehead atoms. The molecular weight excluding hydrogens is 340 g/mol. The molecule has 1 aromatic rings. The van der Waals surface area contributed by atoms with E-state index < -0.39 is 24.1 Å². The first-order valence-corrected chi connectivity index (χ1v) is 8.63. The summed E-state index contributed by atoms with van der Waals surface area (Å²) in [6.07, 6.45) is -0.285. The van der Waals surface area contributed by atoms with Crippen molar-refractivity contribution in [2.75, 3.05) is 19.8 Å². The van der Waals surface area contributed by atoms with Gasteiger partial charge in [0.1, 0.15) is 12.6 Å². The molecule has 0 radical (unpaired) electrons. The molecular formula is C18H24N2O6.